The summed E-state index contributed by atoms with van der Waals surface area (Å²) in [6, 6.07) is 7.32. The average Bonchev–Trinajstić information content (AvgIpc) is 2.90. The highest BCUT2D eigenvalue weighted by Gasteiger charge is 2.23. The quantitative estimate of drug-likeness (QED) is 0.564. The van der Waals surface area contributed by atoms with E-state index in [0.717, 1.165) is 11.3 Å². The third-order valence-electron chi connectivity index (χ3n) is 2.93. The van der Waals surface area contributed by atoms with Crippen molar-refractivity contribution in [1.29, 1.82) is 0 Å². The highest BCUT2D eigenvalue weighted by Crippen LogP contribution is 2.20. The van der Waals surface area contributed by atoms with Gasteiger partial charge in [0, 0.05) is 0 Å². The van der Waals surface area contributed by atoms with Gasteiger partial charge in [-0.05, 0) is 24.6 Å². The number of carbonyl (C=O) groups excluding carboxylic acids is 1. The molecule has 1 heterocycles. The Morgan fingerprint density at radius 3 is 2.57 bits per heavy atom. The first-order valence-corrected chi connectivity index (χ1v) is 6.93. The zero-order valence-electron chi connectivity index (χ0n) is 12.8. The fourth-order valence-electron chi connectivity index (χ4n) is 1.94. The van der Waals surface area contributed by atoms with E-state index in [9.17, 15) is 4.79 Å². The molecule has 0 saturated heterocycles. The van der Waals surface area contributed by atoms with Gasteiger partial charge in [0.15, 0.2) is 5.75 Å². The van der Waals surface area contributed by atoms with E-state index in [1.807, 2.05) is 12.1 Å². The van der Waals surface area contributed by atoms with Crippen molar-refractivity contribution >= 4 is 13.3 Å². The van der Waals surface area contributed by atoms with E-state index >= 15 is 0 Å². The monoisotopic (exact) mass is 320 g/mol. The number of rotatable bonds is 7. The van der Waals surface area contributed by atoms with Gasteiger partial charge < -0.3 is 24.2 Å². The summed E-state index contributed by atoms with van der Waals surface area (Å²) < 4.78 is 16.2. The topological polar surface area (TPSA) is 103 Å². The Labute approximate surface area is 133 Å². The molecule has 2 rings (SSSR count). The van der Waals surface area contributed by atoms with Crippen LogP contribution in [-0.2, 0) is 11.3 Å². The van der Waals surface area contributed by atoms with Crippen LogP contribution in [0.15, 0.2) is 30.5 Å². The van der Waals surface area contributed by atoms with E-state index in [1.165, 1.54) is 10.9 Å². The molecular formula is C14H17BN2O6. The number of aromatic nitrogens is 2. The van der Waals surface area contributed by atoms with E-state index in [1.54, 1.807) is 26.2 Å². The molecule has 0 unspecified atom stereocenters. The van der Waals surface area contributed by atoms with Gasteiger partial charge in [-0.15, -0.1) is 0 Å². The van der Waals surface area contributed by atoms with Crippen molar-refractivity contribution in [3.63, 3.8) is 0 Å². The number of hydrogen-bond donors (Lipinski definition) is 2. The van der Waals surface area contributed by atoms with Gasteiger partial charge in [0.2, 0.25) is 5.69 Å². The van der Waals surface area contributed by atoms with Crippen LogP contribution < -0.4 is 9.39 Å². The second-order valence-corrected chi connectivity index (χ2v) is 4.55. The van der Waals surface area contributed by atoms with Gasteiger partial charge in [0.25, 0.3) is 0 Å². The summed E-state index contributed by atoms with van der Waals surface area (Å²) in [7, 11) is -0.473. The molecule has 0 fully saturated rings. The predicted molar refractivity (Wildman–Crippen MR) is 81.1 cm³/mol. The molecule has 0 radical (unpaired) electrons. The minimum atomic E-state index is -2.05. The first-order chi connectivity index (χ1) is 11.0. The van der Waals surface area contributed by atoms with E-state index in [-0.39, 0.29) is 18.1 Å². The largest absolute Gasteiger partial charge is 0.707 e. The Bertz CT molecular complexity index is 656. The third kappa shape index (κ3) is 4.48. The van der Waals surface area contributed by atoms with E-state index in [2.05, 4.69) is 5.10 Å². The molecule has 0 spiro atoms. The Morgan fingerprint density at radius 1 is 1.30 bits per heavy atom. The van der Waals surface area contributed by atoms with Crippen LogP contribution in [0.4, 0.5) is 0 Å². The maximum Gasteiger partial charge on any atom is 0.707 e. The minimum Gasteiger partial charge on any atom is -0.509 e. The molecule has 2 N–H and O–H groups in total. The number of esters is 1. The SMILES string of the molecule is CCOC(=O)c1nn(Cc2ccc(OC)cc2)cc1OB(O)O. The van der Waals surface area contributed by atoms with Crippen LogP contribution in [0.2, 0.25) is 0 Å². The standard InChI is InChI=1S/C14H17BN2O6/c1-3-22-14(18)13-12(23-15(19)20)9-17(16-13)8-10-4-6-11(21-2)7-5-10/h4-7,9,19-20H,3,8H2,1-2H3. The van der Waals surface area contributed by atoms with Crippen molar-refractivity contribution in [2.45, 2.75) is 13.5 Å². The normalized spacial score (nSPS) is 10.3. The molecule has 23 heavy (non-hydrogen) atoms. The molecule has 0 amide bonds. The summed E-state index contributed by atoms with van der Waals surface area (Å²) in [6.07, 6.45) is 1.40. The van der Waals surface area contributed by atoms with Gasteiger partial charge in [-0.3, -0.25) is 4.68 Å². The van der Waals surface area contributed by atoms with E-state index in [0.29, 0.717) is 6.54 Å². The molecule has 0 aliphatic heterocycles. The maximum atomic E-state index is 11.8. The fourth-order valence-corrected chi connectivity index (χ4v) is 1.94. The van der Waals surface area contributed by atoms with Crippen LogP contribution in [0.1, 0.15) is 23.0 Å². The molecular weight excluding hydrogens is 303 g/mol. The van der Waals surface area contributed by atoms with Crippen LogP contribution in [-0.4, -0.2) is 46.8 Å². The predicted octanol–water partition coefficient (Wildman–Crippen LogP) is 0.465. The smallest absolute Gasteiger partial charge is 0.509 e. The van der Waals surface area contributed by atoms with Crippen molar-refractivity contribution in [3.8, 4) is 11.5 Å². The molecule has 2 aromatic rings. The average molecular weight is 320 g/mol. The Hall–Kier alpha value is -2.52. The van der Waals surface area contributed by atoms with Gasteiger partial charge in [-0.1, -0.05) is 12.1 Å². The molecule has 8 nitrogen and oxygen atoms in total. The number of ether oxygens (including phenoxy) is 2. The van der Waals surface area contributed by atoms with Crippen molar-refractivity contribution in [2.24, 2.45) is 0 Å². The van der Waals surface area contributed by atoms with Crippen LogP contribution in [0.5, 0.6) is 11.5 Å². The third-order valence-corrected chi connectivity index (χ3v) is 2.93. The summed E-state index contributed by atoms with van der Waals surface area (Å²) in [5.41, 5.74) is 0.799. The van der Waals surface area contributed by atoms with Gasteiger partial charge in [-0.25, -0.2) is 4.79 Å². The summed E-state index contributed by atoms with van der Waals surface area (Å²) >= 11 is 0. The van der Waals surface area contributed by atoms with Crippen molar-refractivity contribution < 1.29 is 29.0 Å². The molecule has 1 aromatic heterocycles. The lowest BCUT2D eigenvalue weighted by molar-refractivity contribution is 0.0516. The highest BCUT2D eigenvalue weighted by atomic mass is 16.6. The van der Waals surface area contributed by atoms with Crippen LogP contribution in [0.25, 0.3) is 0 Å². The zero-order chi connectivity index (χ0) is 16.8. The molecule has 122 valence electrons. The van der Waals surface area contributed by atoms with Crippen LogP contribution in [0, 0.1) is 0 Å². The number of nitrogens with zero attached hydrogens (tertiary/aromatic N) is 2. The van der Waals surface area contributed by atoms with Gasteiger partial charge in [0.05, 0.1) is 26.5 Å². The van der Waals surface area contributed by atoms with Crippen molar-refractivity contribution in [2.75, 3.05) is 13.7 Å². The Morgan fingerprint density at radius 2 is 2.00 bits per heavy atom. The Kier molecular flexibility index (Phi) is 5.61. The fraction of sp³-hybridized carbons (Fsp3) is 0.286. The molecule has 0 saturated carbocycles. The number of hydrogen-bond acceptors (Lipinski definition) is 7. The summed E-state index contributed by atoms with van der Waals surface area (Å²) in [4.78, 5) is 11.8. The van der Waals surface area contributed by atoms with E-state index in [4.69, 9.17) is 24.2 Å². The summed E-state index contributed by atoms with van der Waals surface area (Å²) in [5.74, 6) is -0.0301. The lowest BCUT2D eigenvalue weighted by Gasteiger charge is -2.03. The number of benzene rings is 1. The first-order valence-electron chi connectivity index (χ1n) is 6.93. The molecule has 0 bridgehead atoms. The second-order valence-electron chi connectivity index (χ2n) is 4.55. The Balaban J connectivity index is 2.22. The number of methoxy groups -OCH3 is 1. The second kappa shape index (κ2) is 7.66. The summed E-state index contributed by atoms with van der Waals surface area (Å²) in [6.45, 7) is 2.19. The van der Waals surface area contributed by atoms with Gasteiger partial charge >= 0.3 is 13.3 Å². The first kappa shape index (κ1) is 16.8. The molecule has 0 aliphatic rings. The van der Waals surface area contributed by atoms with E-state index < -0.39 is 13.3 Å². The lowest BCUT2D eigenvalue weighted by atomic mass is 10.2. The van der Waals surface area contributed by atoms with Crippen LogP contribution in [0.3, 0.4) is 0 Å². The van der Waals surface area contributed by atoms with Crippen molar-refractivity contribution in [1.82, 2.24) is 9.78 Å². The van der Waals surface area contributed by atoms with Crippen LogP contribution >= 0.6 is 0 Å². The molecule has 0 atom stereocenters. The lowest BCUT2D eigenvalue weighted by Crippen LogP contribution is -2.21. The zero-order valence-corrected chi connectivity index (χ0v) is 12.8. The minimum absolute atomic E-state index is 0.0630. The number of carbonyl (C=O) groups is 1. The molecule has 0 aliphatic carbocycles. The molecule has 1 aromatic carbocycles. The highest BCUT2D eigenvalue weighted by molar-refractivity contribution is 6.34. The maximum absolute atomic E-state index is 11.8. The van der Waals surface area contributed by atoms with Crippen molar-refractivity contribution in [3.05, 3.63) is 41.7 Å². The molecule has 9 heteroatoms. The van der Waals surface area contributed by atoms with Gasteiger partial charge in [-0.2, -0.15) is 5.10 Å². The summed E-state index contributed by atoms with van der Waals surface area (Å²) in [5, 5.41) is 21.9. The van der Waals surface area contributed by atoms with Gasteiger partial charge in [0.1, 0.15) is 5.75 Å².